The number of H-pyrrole nitrogens is 1. The Morgan fingerprint density at radius 1 is 0.949 bits per heavy atom. The third kappa shape index (κ3) is 5.97. The van der Waals surface area contributed by atoms with Crippen LogP contribution in [0.1, 0.15) is 47.4 Å². The van der Waals surface area contributed by atoms with Crippen LogP contribution in [0.5, 0.6) is 0 Å². The summed E-state index contributed by atoms with van der Waals surface area (Å²) in [5.41, 5.74) is 5.20. The van der Waals surface area contributed by atoms with Crippen LogP contribution in [0.4, 0.5) is 14.5 Å². The number of fused-ring (bicyclic) bond motifs is 1. The van der Waals surface area contributed by atoms with Crippen molar-refractivity contribution in [3.05, 3.63) is 71.9 Å². The third-order valence-electron chi connectivity index (χ3n) is 7.48. The van der Waals surface area contributed by atoms with E-state index >= 15 is 0 Å². The number of rotatable bonds is 7. The van der Waals surface area contributed by atoms with Crippen LogP contribution in [0.3, 0.4) is 0 Å². The van der Waals surface area contributed by atoms with Gasteiger partial charge in [-0.15, -0.1) is 0 Å². The van der Waals surface area contributed by atoms with Gasteiger partial charge in [-0.1, -0.05) is 12.5 Å². The van der Waals surface area contributed by atoms with E-state index in [0.717, 1.165) is 47.5 Å². The molecule has 0 unspecified atom stereocenters. The van der Waals surface area contributed by atoms with E-state index in [1.807, 2.05) is 36.4 Å². The molecule has 1 amide bonds. The Bertz CT molecular complexity index is 1460. The number of aromatic amines is 1. The zero-order valence-corrected chi connectivity index (χ0v) is 21.7. The van der Waals surface area contributed by atoms with Crippen molar-refractivity contribution in [3.8, 4) is 11.1 Å². The van der Waals surface area contributed by atoms with Crippen LogP contribution in [-0.2, 0) is 13.1 Å². The van der Waals surface area contributed by atoms with Crippen molar-refractivity contribution in [2.75, 3.05) is 31.5 Å². The Kier molecular flexibility index (Phi) is 7.05. The summed E-state index contributed by atoms with van der Waals surface area (Å²) in [5, 5.41) is 10.8. The largest absolute Gasteiger partial charge is 0.319 e. The molecule has 39 heavy (non-hydrogen) atoms. The van der Waals surface area contributed by atoms with E-state index in [1.165, 1.54) is 19.3 Å². The van der Waals surface area contributed by atoms with Gasteiger partial charge in [0.1, 0.15) is 0 Å². The highest BCUT2D eigenvalue weighted by molar-refractivity contribution is 6.11. The number of anilines is 1. The van der Waals surface area contributed by atoms with E-state index in [4.69, 9.17) is 0 Å². The van der Waals surface area contributed by atoms with Gasteiger partial charge in [0, 0.05) is 49.4 Å². The lowest BCUT2D eigenvalue weighted by Crippen LogP contribution is -2.29. The summed E-state index contributed by atoms with van der Waals surface area (Å²) in [4.78, 5) is 26.2. The maximum atomic E-state index is 13.6. The summed E-state index contributed by atoms with van der Waals surface area (Å²) in [6.45, 7) is 3.59. The van der Waals surface area contributed by atoms with Crippen molar-refractivity contribution in [2.24, 2.45) is 0 Å². The normalized spacial score (nSPS) is 18.0. The Morgan fingerprint density at radius 2 is 1.82 bits per heavy atom. The van der Waals surface area contributed by atoms with Gasteiger partial charge in [0.2, 0.25) is 0 Å². The van der Waals surface area contributed by atoms with E-state index in [2.05, 4.69) is 30.4 Å². The van der Waals surface area contributed by atoms with E-state index in [1.54, 1.807) is 23.5 Å². The molecule has 0 spiro atoms. The summed E-state index contributed by atoms with van der Waals surface area (Å²) in [6, 6.07) is 11.5. The molecule has 2 saturated heterocycles. The zero-order chi connectivity index (χ0) is 26.8. The molecule has 4 aromatic rings. The van der Waals surface area contributed by atoms with E-state index in [-0.39, 0.29) is 24.6 Å². The number of nitrogens with one attached hydrogen (secondary N) is 2. The first kappa shape index (κ1) is 25.5. The number of halogens is 2. The SMILES string of the molecule is O=C(Nc1ccc(CN2CCCCC2)nc1)c1n[nH]c2ccc(-c3cncc(CN4CCC(F)(F)C4)c3)cc12. The first-order valence-corrected chi connectivity index (χ1v) is 13.4. The number of carbonyl (C=O) groups excluding carboxylic acids is 1. The first-order valence-electron chi connectivity index (χ1n) is 13.4. The van der Waals surface area contributed by atoms with Crippen LogP contribution in [0.15, 0.2) is 55.0 Å². The predicted molar refractivity (Wildman–Crippen MR) is 145 cm³/mol. The second-order valence-corrected chi connectivity index (χ2v) is 10.6. The highest BCUT2D eigenvalue weighted by Gasteiger charge is 2.37. The van der Waals surface area contributed by atoms with Gasteiger partial charge in [-0.05, 0) is 67.4 Å². The van der Waals surface area contributed by atoms with Gasteiger partial charge in [0.25, 0.3) is 11.8 Å². The average Bonchev–Trinajstić information content (AvgIpc) is 3.52. The lowest BCUT2D eigenvalue weighted by Gasteiger charge is -2.25. The number of amides is 1. The smallest absolute Gasteiger partial charge is 0.276 e. The van der Waals surface area contributed by atoms with E-state index in [0.29, 0.717) is 24.2 Å². The van der Waals surface area contributed by atoms with Crippen LogP contribution < -0.4 is 5.32 Å². The van der Waals surface area contributed by atoms with Crippen molar-refractivity contribution in [2.45, 2.75) is 44.7 Å². The number of piperidine rings is 1. The summed E-state index contributed by atoms with van der Waals surface area (Å²) >= 11 is 0. The molecule has 0 atom stereocenters. The second-order valence-electron chi connectivity index (χ2n) is 10.6. The van der Waals surface area contributed by atoms with Crippen LogP contribution in [-0.4, -0.2) is 68.0 Å². The summed E-state index contributed by atoms with van der Waals surface area (Å²) in [5.74, 6) is -2.95. The molecule has 2 N–H and O–H groups in total. The van der Waals surface area contributed by atoms with Crippen molar-refractivity contribution >= 4 is 22.5 Å². The number of likely N-dealkylation sites (tertiary alicyclic amines) is 2. The lowest BCUT2D eigenvalue weighted by molar-refractivity contribution is 0.0115. The molecular formula is C29H31F2N7O. The van der Waals surface area contributed by atoms with Crippen LogP contribution in [0.2, 0.25) is 0 Å². The highest BCUT2D eigenvalue weighted by Crippen LogP contribution is 2.29. The number of alkyl halides is 2. The van der Waals surface area contributed by atoms with Gasteiger partial charge in [-0.3, -0.25) is 29.7 Å². The van der Waals surface area contributed by atoms with Crippen molar-refractivity contribution in [3.63, 3.8) is 0 Å². The van der Waals surface area contributed by atoms with Crippen LogP contribution in [0, 0.1) is 0 Å². The number of benzene rings is 1. The first-order chi connectivity index (χ1) is 18.9. The Labute approximate surface area is 225 Å². The molecule has 6 rings (SSSR count). The van der Waals surface area contributed by atoms with Gasteiger partial charge in [0.15, 0.2) is 5.69 Å². The summed E-state index contributed by atoms with van der Waals surface area (Å²) in [7, 11) is 0. The van der Waals surface area contributed by atoms with Crippen LogP contribution in [0.25, 0.3) is 22.0 Å². The molecule has 8 nitrogen and oxygen atoms in total. The fourth-order valence-corrected chi connectivity index (χ4v) is 5.43. The molecule has 2 aliphatic rings. The standard InChI is InChI=1S/C29H31F2N7O/c30-29(31)8-11-38(19-29)17-20-12-22(15-32-14-20)21-4-7-26-25(13-21)27(36-35-26)28(39)34-23-5-6-24(33-16-23)18-37-9-2-1-3-10-37/h4-7,12-16H,1-3,8-11,17-19H2,(H,34,39)(H,35,36). The Hall–Kier alpha value is -3.76. The molecule has 0 saturated carbocycles. The van der Waals surface area contributed by atoms with E-state index < -0.39 is 5.92 Å². The Morgan fingerprint density at radius 3 is 2.59 bits per heavy atom. The Balaban J connectivity index is 1.16. The van der Waals surface area contributed by atoms with Crippen molar-refractivity contribution < 1.29 is 13.6 Å². The summed E-state index contributed by atoms with van der Waals surface area (Å²) < 4.78 is 27.2. The third-order valence-corrected chi connectivity index (χ3v) is 7.48. The van der Waals surface area contributed by atoms with Crippen molar-refractivity contribution in [1.29, 1.82) is 0 Å². The van der Waals surface area contributed by atoms with Crippen molar-refractivity contribution in [1.82, 2.24) is 30.0 Å². The molecule has 0 radical (unpaired) electrons. The second kappa shape index (κ2) is 10.8. The average molecular weight is 532 g/mol. The molecule has 202 valence electrons. The topological polar surface area (TPSA) is 90.0 Å². The molecule has 0 aliphatic carbocycles. The maximum Gasteiger partial charge on any atom is 0.276 e. The highest BCUT2D eigenvalue weighted by atomic mass is 19.3. The molecule has 2 aliphatic heterocycles. The fourth-order valence-electron chi connectivity index (χ4n) is 5.43. The van der Waals surface area contributed by atoms with E-state index in [9.17, 15) is 13.6 Å². The minimum atomic E-state index is -2.63. The molecular weight excluding hydrogens is 500 g/mol. The predicted octanol–water partition coefficient (Wildman–Crippen LogP) is 5.10. The zero-order valence-electron chi connectivity index (χ0n) is 21.7. The lowest BCUT2D eigenvalue weighted by atomic mass is 10.0. The molecule has 5 heterocycles. The maximum absolute atomic E-state index is 13.6. The molecule has 10 heteroatoms. The van der Waals surface area contributed by atoms with Gasteiger partial charge in [-0.2, -0.15) is 5.10 Å². The quantitative estimate of drug-likeness (QED) is 0.345. The molecule has 2 fully saturated rings. The number of nitrogens with zero attached hydrogens (tertiary/aromatic N) is 5. The number of hydrogen-bond donors (Lipinski definition) is 2. The van der Waals surface area contributed by atoms with Gasteiger partial charge >= 0.3 is 0 Å². The molecule has 1 aromatic carbocycles. The van der Waals surface area contributed by atoms with Crippen LogP contribution >= 0.6 is 0 Å². The monoisotopic (exact) mass is 531 g/mol. The number of carbonyl (C=O) groups is 1. The number of hydrogen-bond acceptors (Lipinski definition) is 6. The molecule has 3 aromatic heterocycles. The minimum absolute atomic E-state index is 0.110. The minimum Gasteiger partial charge on any atom is -0.319 e. The molecule has 0 bridgehead atoms. The fraction of sp³-hybridized carbons (Fsp3) is 0.379. The van der Waals surface area contributed by atoms with Gasteiger partial charge in [0.05, 0.1) is 29.6 Å². The number of aromatic nitrogens is 4. The van der Waals surface area contributed by atoms with Gasteiger partial charge in [-0.25, -0.2) is 8.78 Å². The number of pyridine rings is 2. The summed E-state index contributed by atoms with van der Waals surface area (Å²) in [6.07, 6.45) is 8.78. The van der Waals surface area contributed by atoms with Gasteiger partial charge < -0.3 is 5.32 Å².